The molecule has 6 atom stereocenters. The van der Waals surface area contributed by atoms with Gasteiger partial charge in [-0.25, -0.2) is 13.6 Å². The van der Waals surface area contributed by atoms with E-state index in [1.807, 2.05) is 0 Å². The predicted octanol–water partition coefficient (Wildman–Crippen LogP) is 0.249. The first-order valence-electron chi connectivity index (χ1n) is 11.2. The Hall–Kier alpha value is -2.79. The van der Waals surface area contributed by atoms with Crippen LogP contribution in [0.25, 0.3) is 0 Å². The SMILES string of the molecule is C[C@@H]1CN2c3c(cc(N4C[C@@H]5[C@@H](N)[C@@H]5C4)c(F)c3F)CC3(C(=O)NC(=O)NC3=O)[C@H]2[C@H](C)O1. The number of rotatable bonds is 1. The quantitative estimate of drug-likeness (QED) is 0.514. The van der Waals surface area contributed by atoms with Crippen LogP contribution in [-0.4, -0.2) is 61.8 Å². The zero-order chi connectivity index (χ0) is 23.4. The number of morpholine rings is 1. The average Bonchev–Trinajstić information content (AvgIpc) is 3.14. The number of carbonyl (C=O) groups is 3. The summed E-state index contributed by atoms with van der Waals surface area (Å²) in [6, 6.07) is -0.167. The lowest BCUT2D eigenvalue weighted by atomic mass is 9.66. The molecule has 4 amide bonds. The molecule has 0 radical (unpaired) electrons. The highest BCUT2D eigenvalue weighted by Crippen LogP contribution is 2.51. The van der Waals surface area contributed by atoms with E-state index >= 15 is 8.78 Å². The average molecular weight is 461 g/mol. The molecule has 4 fully saturated rings. The number of halogens is 2. The van der Waals surface area contributed by atoms with Crippen molar-refractivity contribution in [1.82, 2.24) is 10.6 Å². The van der Waals surface area contributed by atoms with Crippen molar-refractivity contribution in [3.63, 3.8) is 0 Å². The molecule has 11 heteroatoms. The maximum Gasteiger partial charge on any atom is 0.328 e. The van der Waals surface area contributed by atoms with Crippen LogP contribution in [0.1, 0.15) is 19.4 Å². The van der Waals surface area contributed by atoms with Crippen molar-refractivity contribution in [2.75, 3.05) is 29.4 Å². The minimum Gasteiger partial charge on any atom is -0.372 e. The Bertz CT molecular complexity index is 1080. The highest BCUT2D eigenvalue weighted by Gasteiger charge is 2.63. The molecule has 1 aliphatic carbocycles. The summed E-state index contributed by atoms with van der Waals surface area (Å²) >= 11 is 0. The van der Waals surface area contributed by atoms with Gasteiger partial charge in [0.1, 0.15) is 0 Å². The molecule has 1 aromatic rings. The lowest BCUT2D eigenvalue weighted by Crippen LogP contribution is -2.75. The van der Waals surface area contributed by atoms with Gasteiger partial charge in [0.25, 0.3) is 0 Å². The van der Waals surface area contributed by atoms with E-state index in [4.69, 9.17) is 10.5 Å². The van der Waals surface area contributed by atoms with E-state index in [-0.39, 0.29) is 48.3 Å². The molecule has 1 spiro atoms. The van der Waals surface area contributed by atoms with Crippen LogP contribution < -0.4 is 26.2 Å². The second-order valence-corrected chi connectivity index (χ2v) is 9.98. The van der Waals surface area contributed by atoms with Crippen LogP contribution in [0, 0.1) is 28.9 Å². The molecule has 4 N–H and O–H groups in total. The van der Waals surface area contributed by atoms with Crippen molar-refractivity contribution in [2.24, 2.45) is 23.0 Å². The van der Waals surface area contributed by atoms with Gasteiger partial charge < -0.3 is 20.3 Å². The second kappa shape index (κ2) is 6.63. The van der Waals surface area contributed by atoms with E-state index in [9.17, 15) is 14.4 Å². The molecule has 176 valence electrons. The normalized spacial score (nSPS) is 36.2. The Morgan fingerprint density at radius 1 is 1.06 bits per heavy atom. The summed E-state index contributed by atoms with van der Waals surface area (Å²) < 4.78 is 36.9. The van der Waals surface area contributed by atoms with Gasteiger partial charge in [-0.15, -0.1) is 0 Å². The van der Waals surface area contributed by atoms with Crippen LogP contribution in [0.4, 0.5) is 25.0 Å². The molecule has 33 heavy (non-hydrogen) atoms. The fourth-order valence-corrected chi connectivity index (χ4v) is 6.52. The number of fused-ring (bicyclic) bond motifs is 5. The molecule has 0 bridgehead atoms. The monoisotopic (exact) mass is 461 g/mol. The Labute approximate surface area is 188 Å². The number of hydrogen-bond acceptors (Lipinski definition) is 7. The molecule has 4 heterocycles. The molecule has 9 nitrogen and oxygen atoms in total. The summed E-state index contributed by atoms with van der Waals surface area (Å²) in [7, 11) is 0. The fourth-order valence-electron chi connectivity index (χ4n) is 6.52. The Kier molecular flexibility index (Phi) is 4.18. The van der Waals surface area contributed by atoms with E-state index in [0.717, 1.165) is 0 Å². The topological polar surface area (TPSA) is 117 Å². The first-order chi connectivity index (χ1) is 15.6. The molecule has 5 aliphatic rings. The summed E-state index contributed by atoms with van der Waals surface area (Å²) in [5.41, 5.74) is 4.78. The highest BCUT2D eigenvalue weighted by atomic mass is 19.2. The van der Waals surface area contributed by atoms with E-state index in [0.29, 0.717) is 18.7 Å². The van der Waals surface area contributed by atoms with Gasteiger partial charge in [-0.05, 0) is 37.3 Å². The number of barbiturate groups is 1. The molecule has 1 saturated carbocycles. The van der Waals surface area contributed by atoms with Gasteiger partial charge in [0.05, 0.1) is 29.6 Å². The molecule has 3 saturated heterocycles. The van der Waals surface area contributed by atoms with E-state index < -0.39 is 47.0 Å². The van der Waals surface area contributed by atoms with Crippen LogP contribution >= 0.6 is 0 Å². The van der Waals surface area contributed by atoms with Gasteiger partial charge in [0.2, 0.25) is 11.8 Å². The first-order valence-corrected chi connectivity index (χ1v) is 11.2. The van der Waals surface area contributed by atoms with Gasteiger partial charge in [-0.3, -0.25) is 20.2 Å². The number of hydrogen-bond donors (Lipinski definition) is 3. The molecule has 0 aromatic heterocycles. The minimum absolute atomic E-state index is 0.0485. The van der Waals surface area contributed by atoms with Gasteiger partial charge in [0, 0.05) is 32.1 Å². The summed E-state index contributed by atoms with van der Waals surface area (Å²) in [5, 5.41) is 4.39. The number of benzene rings is 1. The molecular formula is C22H25F2N5O4. The molecule has 4 aliphatic heterocycles. The van der Waals surface area contributed by atoms with Gasteiger partial charge in [-0.1, -0.05) is 0 Å². The van der Waals surface area contributed by atoms with Gasteiger partial charge in [0.15, 0.2) is 17.0 Å². The largest absolute Gasteiger partial charge is 0.372 e. The number of amides is 4. The summed E-state index contributed by atoms with van der Waals surface area (Å²) in [6.45, 7) is 4.72. The maximum absolute atomic E-state index is 15.7. The Morgan fingerprint density at radius 3 is 2.33 bits per heavy atom. The lowest BCUT2D eigenvalue weighted by molar-refractivity contribution is -0.153. The van der Waals surface area contributed by atoms with Crippen LogP contribution in [0.15, 0.2) is 6.07 Å². The zero-order valence-electron chi connectivity index (χ0n) is 18.2. The van der Waals surface area contributed by atoms with E-state index in [2.05, 4.69) is 10.6 Å². The number of nitrogens with two attached hydrogens (primary N) is 1. The number of urea groups is 1. The van der Waals surface area contributed by atoms with Gasteiger partial charge >= 0.3 is 6.03 Å². The van der Waals surface area contributed by atoms with Crippen LogP contribution in [-0.2, 0) is 20.7 Å². The Balaban J connectivity index is 1.50. The summed E-state index contributed by atoms with van der Waals surface area (Å²) in [5.74, 6) is -2.94. The zero-order valence-corrected chi connectivity index (χ0v) is 18.2. The number of imide groups is 2. The van der Waals surface area contributed by atoms with E-state index in [1.54, 1.807) is 29.7 Å². The van der Waals surface area contributed by atoms with Crippen LogP contribution in [0.2, 0.25) is 0 Å². The number of nitrogens with zero attached hydrogens (tertiary/aromatic N) is 2. The third-order valence-corrected chi connectivity index (χ3v) is 8.05. The number of anilines is 2. The molecule has 1 aromatic carbocycles. The number of carbonyl (C=O) groups excluding carboxylic acids is 3. The van der Waals surface area contributed by atoms with Crippen molar-refractivity contribution >= 4 is 29.2 Å². The number of piperidine rings is 1. The summed E-state index contributed by atoms with van der Waals surface area (Å²) in [4.78, 5) is 41.5. The third kappa shape index (κ3) is 2.66. The molecule has 6 rings (SSSR count). The predicted molar refractivity (Wildman–Crippen MR) is 112 cm³/mol. The minimum atomic E-state index is -1.72. The Morgan fingerprint density at radius 2 is 1.70 bits per heavy atom. The molecule has 0 unspecified atom stereocenters. The van der Waals surface area contributed by atoms with Gasteiger partial charge in [-0.2, -0.15) is 0 Å². The third-order valence-electron chi connectivity index (χ3n) is 8.05. The van der Waals surface area contributed by atoms with Crippen molar-refractivity contribution in [3.8, 4) is 0 Å². The van der Waals surface area contributed by atoms with Crippen molar-refractivity contribution < 1.29 is 27.9 Å². The summed E-state index contributed by atoms with van der Waals surface area (Å²) in [6.07, 6.45) is -1.17. The number of ether oxygens (including phenoxy) is 1. The van der Waals surface area contributed by atoms with Crippen molar-refractivity contribution in [2.45, 2.75) is 44.6 Å². The maximum atomic E-state index is 15.7. The second-order valence-electron chi connectivity index (χ2n) is 9.98. The molecular weight excluding hydrogens is 436 g/mol. The van der Waals surface area contributed by atoms with Crippen molar-refractivity contribution in [3.05, 3.63) is 23.3 Å². The van der Waals surface area contributed by atoms with Crippen LogP contribution in [0.5, 0.6) is 0 Å². The van der Waals surface area contributed by atoms with E-state index in [1.165, 1.54) is 0 Å². The smallest absolute Gasteiger partial charge is 0.328 e. The number of nitrogens with one attached hydrogen (secondary N) is 2. The van der Waals surface area contributed by atoms with Crippen LogP contribution in [0.3, 0.4) is 0 Å². The van der Waals surface area contributed by atoms with Crippen molar-refractivity contribution in [1.29, 1.82) is 0 Å². The lowest BCUT2D eigenvalue weighted by Gasteiger charge is -2.55. The fraction of sp³-hybridized carbons (Fsp3) is 0.591. The highest BCUT2D eigenvalue weighted by molar-refractivity contribution is 6.20. The standard InChI is InChI=1S/C22H25F2N5O4/c1-8-5-29-17-10(3-13(14(23)15(17)24)28-6-11-12(7-28)16(11)25)4-22(18(29)9(2)33-8)19(30)26-21(32)27-20(22)31/h3,8-9,11-12,16,18H,4-7,25H2,1-2H3,(H2,26,27,30,31,32)/t8-,9+,11-,12+,16+,18-/m1/s1. The first kappa shape index (κ1) is 20.8.